The van der Waals surface area contributed by atoms with Crippen molar-refractivity contribution in [3.8, 4) is 0 Å². The normalized spacial score (nSPS) is 11.4. The highest BCUT2D eigenvalue weighted by molar-refractivity contribution is 6.46. The second-order valence-corrected chi connectivity index (χ2v) is 5.44. The van der Waals surface area contributed by atoms with E-state index in [-0.39, 0.29) is 26.3 Å². The van der Waals surface area contributed by atoms with E-state index in [1.54, 1.807) is 0 Å². The van der Waals surface area contributed by atoms with Crippen LogP contribution in [-0.2, 0) is 6.18 Å². The maximum Gasteiger partial charge on any atom is 0.416 e. The Morgan fingerprint density at radius 2 is 1.64 bits per heavy atom. The van der Waals surface area contributed by atoms with E-state index in [2.05, 4.69) is 5.32 Å². The van der Waals surface area contributed by atoms with Crippen LogP contribution in [0.2, 0.25) is 15.1 Å². The van der Waals surface area contributed by atoms with Crippen molar-refractivity contribution in [3.05, 3.63) is 62.6 Å². The molecule has 0 aliphatic carbocycles. The van der Waals surface area contributed by atoms with Crippen molar-refractivity contribution >= 4 is 46.4 Å². The first-order valence-electron chi connectivity index (χ1n) is 5.82. The molecule has 2 nitrogen and oxygen atoms in total. The molecule has 1 amide bonds. The Labute approximate surface area is 138 Å². The van der Waals surface area contributed by atoms with Gasteiger partial charge in [-0.2, -0.15) is 13.2 Å². The zero-order chi connectivity index (χ0) is 16.5. The number of alkyl halides is 3. The topological polar surface area (TPSA) is 29.1 Å². The minimum atomic E-state index is -4.51. The zero-order valence-corrected chi connectivity index (χ0v) is 12.9. The van der Waals surface area contributed by atoms with Crippen LogP contribution in [0.25, 0.3) is 0 Å². The second-order valence-electron chi connectivity index (χ2n) is 4.25. The molecule has 2 aromatic rings. The summed E-state index contributed by atoms with van der Waals surface area (Å²) in [7, 11) is 0. The molecule has 0 heterocycles. The summed E-state index contributed by atoms with van der Waals surface area (Å²) in [5, 5.41) is 2.39. The van der Waals surface area contributed by atoms with Crippen LogP contribution < -0.4 is 5.32 Å². The summed E-state index contributed by atoms with van der Waals surface area (Å²) < 4.78 is 37.9. The predicted octanol–water partition coefficient (Wildman–Crippen LogP) is 5.92. The molecule has 0 aliphatic rings. The van der Waals surface area contributed by atoms with Gasteiger partial charge >= 0.3 is 6.18 Å². The highest BCUT2D eigenvalue weighted by atomic mass is 35.5. The van der Waals surface area contributed by atoms with Gasteiger partial charge in [-0.1, -0.05) is 40.9 Å². The number of benzene rings is 2. The minimum Gasteiger partial charge on any atom is -0.322 e. The SMILES string of the molecule is O=C(Nc1cccc(C(F)(F)F)c1)c1c(Cl)ccc(Cl)c1Cl. The van der Waals surface area contributed by atoms with Gasteiger partial charge in [0.15, 0.2) is 0 Å². The van der Waals surface area contributed by atoms with E-state index in [0.717, 1.165) is 12.1 Å². The molecule has 0 unspecified atom stereocenters. The van der Waals surface area contributed by atoms with Gasteiger partial charge in [0.25, 0.3) is 5.91 Å². The van der Waals surface area contributed by atoms with Crippen LogP contribution in [0.5, 0.6) is 0 Å². The van der Waals surface area contributed by atoms with Gasteiger partial charge in [0, 0.05) is 5.69 Å². The Morgan fingerprint density at radius 1 is 1.00 bits per heavy atom. The van der Waals surface area contributed by atoms with Crippen LogP contribution in [0.3, 0.4) is 0 Å². The third kappa shape index (κ3) is 3.66. The summed E-state index contributed by atoms with van der Waals surface area (Å²) >= 11 is 17.6. The first-order valence-corrected chi connectivity index (χ1v) is 6.95. The van der Waals surface area contributed by atoms with E-state index < -0.39 is 17.6 Å². The summed E-state index contributed by atoms with van der Waals surface area (Å²) in [6.07, 6.45) is -4.51. The fraction of sp³-hybridized carbons (Fsp3) is 0.0714. The lowest BCUT2D eigenvalue weighted by molar-refractivity contribution is -0.137. The lowest BCUT2D eigenvalue weighted by atomic mass is 10.1. The van der Waals surface area contributed by atoms with Crippen LogP contribution in [-0.4, -0.2) is 5.91 Å². The molecule has 0 atom stereocenters. The molecule has 0 saturated heterocycles. The molecule has 0 fully saturated rings. The molecule has 0 spiro atoms. The molecule has 0 bridgehead atoms. The van der Waals surface area contributed by atoms with Crippen molar-refractivity contribution in [3.63, 3.8) is 0 Å². The monoisotopic (exact) mass is 367 g/mol. The van der Waals surface area contributed by atoms with Crippen LogP contribution in [0.1, 0.15) is 15.9 Å². The minimum absolute atomic E-state index is 0.0352. The van der Waals surface area contributed by atoms with Crippen LogP contribution in [0.15, 0.2) is 36.4 Å². The van der Waals surface area contributed by atoms with Gasteiger partial charge in [-0.25, -0.2) is 0 Å². The van der Waals surface area contributed by atoms with Gasteiger partial charge in [-0.05, 0) is 30.3 Å². The van der Waals surface area contributed by atoms with E-state index in [1.807, 2.05) is 0 Å². The average Bonchev–Trinajstić information content (AvgIpc) is 2.43. The van der Waals surface area contributed by atoms with Gasteiger partial charge in [-0.15, -0.1) is 0 Å². The fourth-order valence-electron chi connectivity index (χ4n) is 1.70. The number of amides is 1. The number of carbonyl (C=O) groups is 1. The Morgan fingerprint density at radius 3 is 2.27 bits per heavy atom. The summed E-state index contributed by atoms with van der Waals surface area (Å²) in [6, 6.07) is 6.99. The Kier molecular flexibility index (Phi) is 4.90. The molecular weight excluding hydrogens is 362 g/mol. The molecule has 0 aliphatic heterocycles. The van der Waals surface area contributed by atoms with E-state index in [4.69, 9.17) is 34.8 Å². The Balaban J connectivity index is 2.33. The highest BCUT2D eigenvalue weighted by Gasteiger charge is 2.30. The quantitative estimate of drug-likeness (QED) is 0.655. The van der Waals surface area contributed by atoms with Crippen LogP contribution in [0, 0.1) is 0 Å². The van der Waals surface area contributed by atoms with Gasteiger partial charge in [0.05, 0.1) is 26.2 Å². The second kappa shape index (κ2) is 6.36. The van der Waals surface area contributed by atoms with E-state index in [0.29, 0.717) is 0 Å². The number of hydrogen-bond acceptors (Lipinski definition) is 1. The first-order chi connectivity index (χ1) is 10.2. The van der Waals surface area contributed by atoms with Gasteiger partial charge in [-0.3, -0.25) is 4.79 Å². The van der Waals surface area contributed by atoms with Gasteiger partial charge in [0.2, 0.25) is 0 Å². The number of anilines is 1. The zero-order valence-electron chi connectivity index (χ0n) is 10.6. The number of hydrogen-bond donors (Lipinski definition) is 1. The largest absolute Gasteiger partial charge is 0.416 e. The van der Waals surface area contributed by atoms with Crippen molar-refractivity contribution in [1.29, 1.82) is 0 Å². The third-order valence-electron chi connectivity index (χ3n) is 2.72. The van der Waals surface area contributed by atoms with Gasteiger partial charge < -0.3 is 5.32 Å². The van der Waals surface area contributed by atoms with Crippen molar-refractivity contribution in [2.24, 2.45) is 0 Å². The molecular formula is C14H7Cl3F3NO. The maximum atomic E-state index is 12.6. The maximum absolute atomic E-state index is 12.6. The predicted molar refractivity (Wildman–Crippen MR) is 80.9 cm³/mol. The van der Waals surface area contributed by atoms with E-state index in [9.17, 15) is 18.0 Å². The molecule has 2 rings (SSSR count). The molecule has 0 saturated carbocycles. The summed E-state index contributed by atoms with van der Waals surface area (Å²) in [6.45, 7) is 0. The average molecular weight is 369 g/mol. The summed E-state index contributed by atoms with van der Waals surface area (Å²) in [4.78, 5) is 12.1. The lowest BCUT2D eigenvalue weighted by Crippen LogP contribution is -2.14. The van der Waals surface area contributed by atoms with E-state index in [1.165, 1.54) is 24.3 Å². The molecule has 8 heteroatoms. The Hall–Kier alpha value is -1.43. The number of halogens is 6. The summed E-state index contributed by atoms with van der Waals surface area (Å²) in [5.41, 5.74) is -1.02. The third-order valence-corrected chi connectivity index (χ3v) is 3.84. The van der Waals surface area contributed by atoms with Crippen molar-refractivity contribution in [2.45, 2.75) is 6.18 Å². The van der Waals surface area contributed by atoms with E-state index >= 15 is 0 Å². The van der Waals surface area contributed by atoms with Crippen molar-refractivity contribution in [1.82, 2.24) is 0 Å². The van der Waals surface area contributed by atoms with Crippen LogP contribution in [0.4, 0.5) is 18.9 Å². The molecule has 116 valence electrons. The summed E-state index contributed by atoms with van der Waals surface area (Å²) in [5.74, 6) is -0.753. The van der Waals surface area contributed by atoms with Crippen molar-refractivity contribution in [2.75, 3.05) is 5.32 Å². The lowest BCUT2D eigenvalue weighted by Gasteiger charge is -2.11. The molecule has 22 heavy (non-hydrogen) atoms. The van der Waals surface area contributed by atoms with Gasteiger partial charge in [0.1, 0.15) is 0 Å². The smallest absolute Gasteiger partial charge is 0.322 e. The number of carbonyl (C=O) groups excluding carboxylic acids is 1. The van der Waals surface area contributed by atoms with Crippen LogP contribution >= 0.6 is 34.8 Å². The first kappa shape index (κ1) is 16.9. The Bertz CT molecular complexity index is 732. The standard InChI is InChI=1S/C14H7Cl3F3NO/c15-9-4-5-10(16)12(17)11(9)13(22)21-8-3-1-2-7(6-8)14(18,19)20/h1-6H,(H,21,22). The molecule has 1 N–H and O–H groups in total. The number of nitrogens with one attached hydrogen (secondary N) is 1. The molecule has 0 radical (unpaired) electrons. The molecule has 2 aromatic carbocycles. The highest BCUT2D eigenvalue weighted by Crippen LogP contribution is 2.33. The fourth-order valence-corrected chi connectivity index (χ4v) is 2.40. The number of rotatable bonds is 2. The molecule has 0 aromatic heterocycles. The van der Waals surface area contributed by atoms with Crippen molar-refractivity contribution < 1.29 is 18.0 Å².